The second-order valence-electron chi connectivity index (χ2n) is 8.54. The molecule has 6 heteroatoms. The number of benzene rings is 2. The van der Waals surface area contributed by atoms with Gasteiger partial charge in [-0.3, -0.25) is 9.59 Å². The van der Waals surface area contributed by atoms with Gasteiger partial charge in [-0.15, -0.1) is 11.3 Å². The zero-order chi connectivity index (χ0) is 23.5. The van der Waals surface area contributed by atoms with Crippen molar-refractivity contribution < 1.29 is 4.79 Å². The van der Waals surface area contributed by atoms with E-state index in [1.165, 1.54) is 4.88 Å². The molecule has 170 valence electrons. The number of amides is 1. The summed E-state index contributed by atoms with van der Waals surface area (Å²) in [5, 5.41) is 5.20. The summed E-state index contributed by atoms with van der Waals surface area (Å²) in [6.45, 7) is 8.39. The second kappa shape index (κ2) is 9.71. The summed E-state index contributed by atoms with van der Waals surface area (Å²) < 4.78 is 1.77. The van der Waals surface area contributed by atoms with Gasteiger partial charge in [0.1, 0.15) is 5.69 Å². The van der Waals surface area contributed by atoms with E-state index in [4.69, 9.17) is 0 Å². The Hall–Kier alpha value is -3.25. The minimum atomic E-state index is -0.0917. The third kappa shape index (κ3) is 4.91. The highest BCUT2D eigenvalue weighted by molar-refractivity contribution is 7.10. The fourth-order valence-electron chi connectivity index (χ4n) is 4.03. The van der Waals surface area contributed by atoms with Gasteiger partial charge in [-0.05, 0) is 79.6 Å². The molecule has 5 nitrogen and oxygen atoms in total. The summed E-state index contributed by atoms with van der Waals surface area (Å²) in [4.78, 5) is 31.4. The first-order valence-electron chi connectivity index (χ1n) is 11.3. The van der Waals surface area contributed by atoms with E-state index in [0.717, 1.165) is 40.6 Å². The van der Waals surface area contributed by atoms with Crippen LogP contribution in [0.2, 0.25) is 0 Å². The molecule has 0 spiro atoms. The van der Waals surface area contributed by atoms with Crippen LogP contribution < -0.4 is 10.9 Å². The number of hydrogen-bond acceptors (Lipinski definition) is 4. The van der Waals surface area contributed by atoms with E-state index in [1.807, 2.05) is 54.8 Å². The van der Waals surface area contributed by atoms with Crippen LogP contribution in [0.3, 0.4) is 0 Å². The van der Waals surface area contributed by atoms with E-state index >= 15 is 0 Å². The van der Waals surface area contributed by atoms with E-state index < -0.39 is 0 Å². The molecular formula is C27H29N3O2S. The Balaban J connectivity index is 1.57. The van der Waals surface area contributed by atoms with Gasteiger partial charge in [-0.2, -0.15) is 0 Å². The van der Waals surface area contributed by atoms with Crippen molar-refractivity contribution in [3.8, 4) is 0 Å². The van der Waals surface area contributed by atoms with Gasteiger partial charge in [0.2, 0.25) is 0 Å². The molecule has 0 radical (unpaired) electrons. The number of hydrogen-bond donors (Lipinski definition) is 1. The fourth-order valence-corrected chi connectivity index (χ4v) is 4.84. The van der Waals surface area contributed by atoms with E-state index in [9.17, 15) is 9.59 Å². The van der Waals surface area contributed by atoms with E-state index in [-0.39, 0.29) is 17.5 Å². The highest BCUT2D eigenvalue weighted by Crippen LogP contribution is 2.24. The summed E-state index contributed by atoms with van der Waals surface area (Å²) in [7, 11) is 0. The van der Waals surface area contributed by atoms with Gasteiger partial charge in [0.05, 0.1) is 23.6 Å². The summed E-state index contributed by atoms with van der Waals surface area (Å²) in [6.07, 6.45) is 1.90. The number of nitrogens with one attached hydrogen (secondary N) is 1. The third-order valence-electron chi connectivity index (χ3n) is 6.05. The first kappa shape index (κ1) is 22.9. The summed E-state index contributed by atoms with van der Waals surface area (Å²) in [5.74, 6) is -0.0816. The molecule has 0 bridgehead atoms. The van der Waals surface area contributed by atoms with Crippen molar-refractivity contribution in [1.29, 1.82) is 0 Å². The molecule has 33 heavy (non-hydrogen) atoms. The Labute approximate surface area is 198 Å². The van der Waals surface area contributed by atoms with Gasteiger partial charge in [0, 0.05) is 10.4 Å². The minimum absolute atomic E-state index is 0.0265. The van der Waals surface area contributed by atoms with Crippen LogP contribution >= 0.6 is 11.3 Å². The molecule has 2 heterocycles. The van der Waals surface area contributed by atoms with Crippen LogP contribution in [-0.4, -0.2) is 15.5 Å². The molecule has 1 amide bonds. The molecule has 1 atom stereocenters. The molecule has 0 aliphatic rings. The molecule has 0 unspecified atom stereocenters. The normalized spacial score (nSPS) is 12.1. The fraction of sp³-hybridized carbons (Fsp3) is 0.296. The van der Waals surface area contributed by atoms with Crippen molar-refractivity contribution in [2.24, 2.45) is 0 Å². The van der Waals surface area contributed by atoms with Crippen LogP contribution in [0.25, 0.3) is 11.0 Å². The average molecular weight is 460 g/mol. The van der Waals surface area contributed by atoms with Gasteiger partial charge in [0.15, 0.2) is 0 Å². The largest absolute Gasteiger partial charge is 0.344 e. The van der Waals surface area contributed by atoms with Crippen molar-refractivity contribution in [3.05, 3.63) is 97.1 Å². The predicted molar refractivity (Wildman–Crippen MR) is 135 cm³/mol. The first-order chi connectivity index (χ1) is 15.9. The predicted octanol–water partition coefficient (Wildman–Crippen LogP) is 5.70. The van der Waals surface area contributed by atoms with Crippen LogP contribution in [-0.2, 0) is 6.54 Å². The lowest BCUT2D eigenvalue weighted by Gasteiger charge is -2.17. The second-order valence-corrected chi connectivity index (χ2v) is 9.52. The lowest BCUT2D eigenvalue weighted by molar-refractivity contribution is 0.0935. The molecule has 1 N–H and O–H groups in total. The van der Waals surface area contributed by atoms with Gasteiger partial charge in [0.25, 0.3) is 11.5 Å². The Bertz CT molecular complexity index is 1340. The van der Waals surface area contributed by atoms with Crippen LogP contribution in [0.15, 0.2) is 58.7 Å². The number of aryl methyl sites for hydroxylation is 3. The summed E-state index contributed by atoms with van der Waals surface area (Å²) in [5.41, 5.74) is 5.89. The van der Waals surface area contributed by atoms with E-state index in [0.29, 0.717) is 17.8 Å². The first-order valence-corrected chi connectivity index (χ1v) is 12.2. The maximum atomic E-state index is 12.9. The van der Waals surface area contributed by atoms with Crippen LogP contribution in [0, 0.1) is 20.8 Å². The summed E-state index contributed by atoms with van der Waals surface area (Å²) in [6, 6.07) is 15.7. The maximum absolute atomic E-state index is 12.9. The zero-order valence-electron chi connectivity index (χ0n) is 19.5. The highest BCUT2D eigenvalue weighted by atomic mass is 32.1. The van der Waals surface area contributed by atoms with Crippen molar-refractivity contribution in [1.82, 2.24) is 14.9 Å². The zero-order valence-corrected chi connectivity index (χ0v) is 20.3. The molecule has 4 aromatic rings. The Morgan fingerprint density at radius 1 is 1.09 bits per heavy atom. The minimum Gasteiger partial charge on any atom is -0.344 e. The number of aromatic nitrogens is 2. The topological polar surface area (TPSA) is 64.0 Å². The number of carbonyl (C=O) groups excluding carboxylic acids is 1. The molecular weight excluding hydrogens is 430 g/mol. The number of nitrogens with zero attached hydrogens (tertiary/aromatic N) is 2. The number of fused-ring (bicyclic) bond motifs is 1. The van der Waals surface area contributed by atoms with E-state index in [1.54, 1.807) is 22.8 Å². The molecule has 4 rings (SSSR count). The smallest absolute Gasteiger partial charge is 0.272 e. The van der Waals surface area contributed by atoms with Crippen LogP contribution in [0.4, 0.5) is 0 Å². The monoisotopic (exact) mass is 459 g/mol. The van der Waals surface area contributed by atoms with Gasteiger partial charge < -0.3 is 9.88 Å². The number of thiophene rings is 1. The molecule has 0 fully saturated rings. The number of rotatable bonds is 7. The Morgan fingerprint density at radius 2 is 1.82 bits per heavy atom. The number of carbonyl (C=O) groups is 1. The molecule has 0 aliphatic carbocycles. The van der Waals surface area contributed by atoms with Gasteiger partial charge in [-0.1, -0.05) is 31.5 Å². The van der Waals surface area contributed by atoms with Crippen molar-refractivity contribution in [3.63, 3.8) is 0 Å². The van der Waals surface area contributed by atoms with Gasteiger partial charge in [-0.25, -0.2) is 4.98 Å². The molecule has 0 aliphatic heterocycles. The van der Waals surface area contributed by atoms with Gasteiger partial charge >= 0.3 is 0 Å². The standard InChI is InChI=1S/C27H29N3O2S/c1-5-7-22(25-8-6-13-33-25)29-26(31)21-11-9-20(10-12-21)16-30-24-15-18(3)17(2)14-23(24)28-19(4)27(30)32/h6,8-15,22H,5,7,16H2,1-4H3,(H,29,31)/t22-/m1/s1. The summed E-state index contributed by atoms with van der Waals surface area (Å²) >= 11 is 1.66. The SMILES string of the molecule is CCC[C@@H](NC(=O)c1ccc(Cn2c(=O)c(C)nc3cc(C)c(C)cc32)cc1)c1cccs1. The molecule has 0 saturated carbocycles. The maximum Gasteiger partial charge on any atom is 0.272 e. The average Bonchev–Trinajstić information content (AvgIpc) is 3.33. The van der Waals surface area contributed by atoms with E-state index in [2.05, 4.69) is 30.2 Å². The van der Waals surface area contributed by atoms with Crippen LogP contribution in [0.5, 0.6) is 0 Å². The van der Waals surface area contributed by atoms with Crippen LogP contribution in [0.1, 0.15) is 63.4 Å². The Kier molecular flexibility index (Phi) is 6.75. The molecule has 2 aromatic carbocycles. The van der Waals surface area contributed by atoms with Crippen molar-refractivity contribution in [2.75, 3.05) is 0 Å². The molecule has 2 aromatic heterocycles. The molecule has 0 saturated heterocycles. The highest BCUT2D eigenvalue weighted by Gasteiger charge is 2.16. The lowest BCUT2D eigenvalue weighted by Crippen LogP contribution is -2.28. The van der Waals surface area contributed by atoms with Crippen molar-refractivity contribution >= 4 is 28.3 Å². The third-order valence-corrected chi connectivity index (χ3v) is 7.04. The quantitative estimate of drug-likeness (QED) is 0.385. The lowest BCUT2D eigenvalue weighted by atomic mass is 10.1. The Morgan fingerprint density at radius 3 is 2.48 bits per heavy atom. The van der Waals surface area contributed by atoms with Crippen molar-refractivity contribution in [2.45, 2.75) is 53.1 Å².